The molecule has 0 fully saturated rings. The summed E-state index contributed by atoms with van der Waals surface area (Å²) < 4.78 is 8.02. The Morgan fingerprint density at radius 1 is 1.07 bits per heavy atom. The topological polar surface area (TPSA) is 55.2 Å². The van der Waals surface area contributed by atoms with Crippen LogP contribution >= 0.6 is 12.2 Å². The van der Waals surface area contributed by atoms with Gasteiger partial charge in [-0.25, -0.2) is 0 Å². The second-order valence-electron chi connectivity index (χ2n) is 6.13. The van der Waals surface area contributed by atoms with E-state index in [1.165, 1.54) is 16.3 Å². The second-order valence-corrected chi connectivity index (χ2v) is 6.52. The number of benzene rings is 3. The number of aryl methyl sites for hydroxylation is 1. The van der Waals surface area contributed by atoms with Crippen molar-refractivity contribution in [3.05, 3.63) is 88.5 Å². The van der Waals surface area contributed by atoms with Crippen LogP contribution in [0.4, 0.5) is 0 Å². The van der Waals surface area contributed by atoms with Gasteiger partial charge in [0.25, 0.3) is 0 Å². The molecule has 0 bridgehead atoms. The van der Waals surface area contributed by atoms with Crippen LogP contribution in [0.15, 0.2) is 71.8 Å². The third kappa shape index (κ3) is 3.80. The molecule has 0 saturated carbocycles. The third-order valence-corrected chi connectivity index (χ3v) is 4.55. The van der Waals surface area contributed by atoms with Crippen LogP contribution in [0.5, 0.6) is 5.75 Å². The molecule has 6 heteroatoms. The summed E-state index contributed by atoms with van der Waals surface area (Å²) in [4.78, 5) is 0. The second kappa shape index (κ2) is 7.55. The minimum atomic E-state index is 0.471. The molecule has 0 radical (unpaired) electrons. The molecule has 1 heterocycles. The molecule has 0 spiro atoms. The zero-order valence-corrected chi connectivity index (χ0v) is 15.6. The summed E-state index contributed by atoms with van der Waals surface area (Å²) in [5.74, 6) is 1.53. The van der Waals surface area contributed by atoms with Crippen LogP contribution in [-0.4, -0.2) is 21.1 Å². The maximum Gasteiger partial charge on any atom is 0.216 e. The van der Waals surface area contributed by atoms with Crippen molar-refractivity contribution in [3.8, 4) is 5.75 Å². The van der Waals surface area contributed by atoms with Crippen LogP contribution in [-0.2, 0) is 6.61 Å². The number of rotatable bonds is 5. The van der Waals surface area contributed by atoms with Gasteiger partial charge in [0.1, 0.15) is 18.2 Å². The van der Waals surface area contributed by atoms with Crippen LogP contribution in [0, 0.1) is 11.7 Å². The van der Waals surface area contributed by atoms with Crippen molar-refractivity contribution in [3.63, 3.8) is 0 Å². The number of nitrogens with zero attached hydrogens (tertiary/aromatic N) is 3. The van der Waals surface area contributed by atoms with E-state index >= 15 is 0 Å². The number of hydrogen-bond donors (Lipinski definition) is 1. The molecule has 0 aliphatic heterocycles. The first-order chi connectivity index (χ1) is 13.2. The molecule has 3 aromatic carbocycles. The van der Waals surface area contributed by atoms with Gasteiger partial charge in [0.05, 0.1) is 6.21 Å². The van der Waals surface area contributed by atoms with E-state index in [0.29, 0.717) is 17.2 Å². The predicted octanol–water partition coefficient (Wildman–Crippen LogP) is 4.86. The van der Waals surface area contributed by atoms with E-state index in [1.807, 2.05) is 43.3 Å². The highest BCUT2D eigenvalue weighted by Crippen LogP contribution is 2.20. The van der Waals surface area contributed by atoms with Crippen molar-refractivity contribution in [1.29, 1.82) is 0 Å². The quantitative estimate of drug-likeness (QED) is 0.401. The van der Waals surface area contributed by atoms with E-state index < -0.39 is 0 Å². The zero-order chi connectivity index (χ0) is 18.6. The number of nitrogens with one attached hydrogen (secondary N) is 1. The minimum absolute atomic E-state index is 0.471. The van der Waals surface area contributed by atoms with Gasteiger partial charge in [0, 0.05) is 0 Å². The van der Waals surface area contributed by atoms with Crippen molar-refractivity contribution in [2.75, 3.05) is 0 Å². The molecule has 0 aliphatic rings. The third-order valence-electron chi connectivity index (χ3n) is 4.29. The number of ether oxygens (including phenoxy) is 1. The monoisotopic (exact) mass is 374 g/mol. The molecule has 0 aliphatic carbocycles. The fourth-order valence-electron chi connectivity index (χ4n) is 2.86. The maximum absolute atomic E-state index is 5.96. The largest absolute Gasteiger partial charge is 0.489 e. The Kier molecular flexibility index (Phi) is 4.80. The van der Waals surface area contributed by atoms with Crippen molar-refractivity contribution in [1.82, 2.24) is 14.9 Å². The minimum Gasteiger partial charge on any atom is -0.489 e. The van der Waals surface area contributed by atoms with Crippen molar-refractivity contribution < 1.29 is 4.74 Å². The van der Waals surface area contributed by atoms with Crippen LogP contribution in [0.25, 0.3) is 10.8 Å². The molecule has 0 unspecified atom stereocenters. The highest BCUT2D eigenvalue weighted by molar-refractivity contribution is 7.71. The summed E-state index contributed by atoms with van der Waals surface area (Å²) in [5, 5.41) is 13.5. The molecule has 1 N–H and O–H groups in total. The number of H-pyrrole nitrogens is 1. The van der Waals surface area contributed by atoms with Gasteiger partial charge in [-0.05, 0) is 65.3 Å². The molecule has 0 saturated heterocycles. The molecule has 4 rings (SSSR count). The molecule has 0 amide bonds. The van der Waals surface area contributed by atoms with Gasteiger partial charge in [-0.1, -0.05) is 42.5 Å². The number of fused-ring (bicyclic) bond motifs is 1. The number of hydrogen-bond acceptors (Lipinski definition) is 4. The van der Waals surface area contributed by atoms with E-state index in [4.69, 9.17) is 17.0 Å². The molecular weight excluding hydrogens is 356 g/mol. The summed E-state index contributed by atoms with van der Waals surface area (Å²) in [6, 6.07) is 22.4. The fourth-order valence-corrected chi connectivity index (χ4v) is 3.09. The molecule has 134 valence electrons. The summed E-state index contributed by atoms with van der Waals surface area (Å²) in [7, 11) is 0. The summed E-state index contributed by atoms with van der Waals surface area (Å²) >= 11 is 5.13. The van der Waals surface area contributed by atoms with Gasteiger partial charge in [-0.3, -0.25) is 5.10 Å². The first kappa shape index (κ1) is 17.2. The Hall–Kier alpha value is -3.25. The summed E-state index contributed by atoms with van der Waals surface area (Å²) in [6.45, 7) is 2.37. The Labute approximate surface area is 161 Å². The normalized spacial score (nSPS) is 11.3. The molecule has 0 atom stereocenters. The fraction of sp³-hybridized carbons (Fsp3) is 0.0952. The van der Waals surface area contributed by atoms with Crippen molar-refractivity contribution in [2.45, 2.75) is 13.5 Å². The van der Waals surface area contributed by atoms with E-state index in [-0.39, 0.29) is 0 Å². The average Bonchev–Trinajstić information content (AvgIpc) is 3.03. The highest BCUT2D eigenvalue weighted by Gasteiger charge is 2.02. The Bertz CT molecular complexity index is 1150. The van der Waals surface area contributed by atoms with Gasteiger partial charge >= 0.3 is 0 Å². The first-order valence-corrected chi connectivity index (χ1v) is 8.99. The molecule has 1 aromatic heterocycles. The standard InChI is InChI=1S/C21H18N4OS/c1-15-23-24-21(27)25(15)22-13-16-9-11-19(12-10-16)26-14-18-7-4-6-17-5-2-3-8-20(17)18/h2-13H,14H2,1H3,(H,24,27)/b22-13-. The smallest absolute Gasteiger partial charge is 0.216 e. The average molecular weight is 374 g/mol. The molecule has 4 aromatic rings. The Balaban J connectivity index is 1.46. The van der Waals surface area contributed by atoms with Gasteiger partial charge in [-0.15, -0.1) is 0 Å². The van der Waals surface area contributed by atoms with E-state index in [1.54, 1.807) is 10.9 Å². The summed E-state index contributed by atoms with van der Waals surface area (Å²) in [5.41, 5.74) is 2.12. The molecular formula is C21H18N4OS. The van der Waals surface area contributed by atoms with E-state index in [0.717, 1.165) is 11.3 Å². The van der Waals surface area contributed by atoms with Crippen LogP contribution in [0.3, 0.4) is 0 Å². The Morgan fingerprint density at radius 2 is 1.85 bits per heavy atom. The lowest BCUT2D eigenvalue weighted by Crippen LogP contribution is -1.97. The van der Waals surface area contributed by atoms with Crippen molar-refractivity contribution >= 4 is 29.2 Å². The maximum atomic E-state index is 5.96. The first-order valence-electron chi connectivity index (χ1n) is 8.58. The lowest BCUT2D eigenvalue weighted by molar-refractivity contribution is 0.307. The van der Waals surface area contributed by atoms with Crippen LogP contribution in [0.2, 0.25) is 0 Å². The highest BCUT2D eigenvalue weighted by atomic mass is 32.1. The van der Waals surface area contributed by atoms with Gasteiger partial charge in [-0.2, -0.15) is 14.9 Å². The van der Waals surface area contributed by atoms with E-state index in [2.05, 4.69) is 45.6 Å². The van der Waals surface area contributed by atoms with Gasteiger partial charge in [0.15, 0.2) is 0 Å². The lowest BCUT2D eigenvalue weighted by atomic mass is 10.1. The predicted molar refractivity (Wildman–Crippen MR) is 110 cm³/mol. The zero-order valence-electron chi connectivity index (χ0n) is 14.8. The van der Waals surface area contributed by atoms with Crippen LogP contribution in [0.1, 0.15) is 17.0 Å². The van der Waals surface area contributed by atoms with E-state index in [9.17, 15) is 0 Å². The van der Waals surface area contributed by atoms with Crippen molar-refractivity contribution in [2.24, 2.45) is 5.10 Å². The van der Waals surface area contributed by atoms with Crippen LogP contribution < -0.4 is 4.74 Å². The number of aromatic amines is 1. The molecule has 27 heavy (non-hydrogen) atoms. The Morgan fingerprint density at radius 3 is 2.63 bits per heavy atom. The SMILES string of the molecule is Cc1n[nH]c(=S)n1/N=C\c1ccc(OCc2cccc3ccccc23)cc1. The summed E-state index contributed by atoms with van der Waals surface area (Å²) in [6.07, 6.45) is 1.74. The number of aromatic nitrogens is 3. The van der Waals surface area contributed by atoms with Gasteiger partial charge in [0.2, 0.25) is 4.77 Å². The van der Waals surface area contributed by atoms with Gasteiger partial charge < -0.3 is 4.74 Å². The molecule has 5 nitrogen and oxygen atoms in total. The lowest BCUT2D eigenvalue weighted by Gasteiger charge is -2.09.